The minimum Gasteiger partial charge on any atom is -0.483 e. The molecule has 3 rings (SSSR count). The van der Waals surface area contributed by atoms with Crippen LogP contribution in [0.25, 0.3) is 0 Å². The first-order valence-corrected chi connectivity index (χ1v) is 9.40. The molecule has 3 aromatic rings. The average molecular weight is 446 g/mol. The number of carbonyl (C=O) groups is 2. The summed E-state index contributed by atoms with van der Waals surface area (Å²) in [6, 6.07) is 14.4. The maximum absolute atomic E-state index is 13.6. The number of nitrogens with one attached hydrogen (secondary N) is 2. The predicted octanol–water partition coefficient (Wildman–Crippen LogP) is 5.42. The topological polar surface area (TPSA) is 67.4 Å². The molecular formula is C23H18F4N2O3. The zero-order valence-corrected chi connectivity index (χ0v) is 16.8. The Morgan fingerprint density at radius 2 is 1.62 bits per heavy atom. The second-order valence-corrected chi connectivity index (χ2v) is 6.82. The maximum atomic E-state index is 13.6. The van der Waals surface area contributed by atoms with Crippen molar-refractivity contribution in [3.63, 3.8) is 0 Å². The molecule has 9 heteroatoms. The highest BCUT2D eigenvalue weighted by Gasteiger charge is 2.34. The van der Waals surface area contributed by atoms with Crippen molar-refractivity contribution in [1.29, 1.82) is 0 Å². The molecule has 2 amide bonds. The number of ether oxygens (including phenoxy) is 1. The quantitative estimate of drug-likeness (QED) is 0.497. The Balaban J connectivity index is 1.73. The van der Waals surface area contributed by atoms with Crippen LogP contribution in [0, 0.1) is 12.7 Å². The third kappa shape index (κ3) is 5.84. The van der Waals surface area contributed by atoms with Gasteiger partial charge in [0.1, 0.15) is 11.6 Å². The van der Waals surface area contributed by atoms with E-state index in [9.17, 15) is 27.2 Å². The minimum absolute atomic E-state index is 0.0747. The van der Waals surface area contributed by atoms with Crippen LogP contribution in [0.5, 0.6) is 5.75 Å². The molecule has 0 bridgehead atoms. The molecule has 0 unspecified atom stereocenters. The van der Waals surface area contributed by atoms with Crippen molar-refractivity contribution >= 4 is 23.2 Å². The highest BCUT2D eigenvalue weighted by molar-refractivity contribution is 6.04. The van der Waals surface area contributed by atoms with Crippen molar-refractivity contribution in [3.05, 3.63) is 89.2 Å². The largest absolute Gasteiger partial charge is 0.483 e. The van der Waals surface area contributed by atoms with Crippen LogP contribution in [-0.4, -0.2) is 18.4 Å². The summed E-state index contributed by atoms with van der Waals surface area (Å²) in [4.78, 5) is 24.3. The molecule has 0 aliphatic carbocycles. The van der Waals surface area contributed by atoms with Crippen molar-refractivity contribution in [1.82, 2.24) is 0 Å². The Labute approximate surface area is 181 Å². The number of hydrogen-bond acceptors (Lipinski definition) is 3. The molecule has 0 saturated heterocycles. The van der Waals surface area contributed by atoms with E-state index in [-0.39, 0.29) is 11.3 Å². The summed E-state index contributed by atoms with van der Waals surface area (Å²) in [5.74, 6) is -1.59. The number of aryl methyl sites for hydroxylation is 1. The number of rotatable bonds is 6. The van der Waals surface area contributed by atoms with E-state index < -0.39 is 41.7 Å². The smallest absolute Gasteiger partial charge is 0.418 e. The lowest BCUT2D eigenvalue weighted by molar-refractivity contribution is -0.137. The van der Waals surface area contributed by atoms with Crippen LogP contribution in [-0.2, 0) is 11.0 Å². The summed E-state index contributed by atoms with van der Waals surface area (Å²) in [6.07, 6.45) is -4.80. The molecule has 0 saturated carbocycles. The standard InChI is InChI=1S/C23H18F4N2O3/c1-14-4-2-3-5-20(14)32-13-21(30)29-19-11-10-17(12-18(19)23(25,26)27)28-22(31)15-6-8-16(24)9-7-15/h2-12H,13H2,1H3,(H,28,31)(H,29,30). The average Bonchev–Trinajstić information content (AvgIpc) is 2.74. The Morgan fingerprint density at radius 1 is 0.938 bits per heavy atom. The molecule has 0 aromatic heterocycles. The van der Waals surface area contributed by atoms with Crippen molar-refractivity contribution in [3.8, 4) is 5.75 Å². The lowest BCUT2D eigenvalue weighted by Gasteiger charge is -2.16. The Kier molecular flexibility index (Phi) is 6.77. The van der Waals surface area contributed by atoms with Gasteiger partial charge in [0.2, 0.25) is 0 Å². The molecule has 3 aromatic carbocycles. The molecule has 0 aliphatic rings. The summed E-state index contributed by atoms with van der Waals surface area (Å²) in [5, 5.41) is 4.51. The van der Waals surface area contributed by atoms with E-state index >= 15 is 0 Å². The molecule has 0 atom stereocenters. The van der Waals surface area contributed by atoms with Gasteiger partial charge in [-0.25, -0.2) is 4.39 Å². The number of amides is 2. The number of benzene rings is 3. The van der Waals surface area contributed by atoms with E-state index in [1.807, 2.05) is 0 Å². The maximum Gasteiger partial charge on any atom is 0.418 e. The summed E-state index contributed by atoms with van der Waals surface area (Å²) < 4.78 is 59.0. The third-order valence-electron chi connectivity index (χ3n) is 4.42. The number of hydrogen-bond donors (Lipinski definition) is 2. The summed E-state index contributed by atoms with van der Waals surface area (Å²) >= 11 is 0. The van der Waals surface area contributed by atoms with Crippen molar-refractivity contribution in [2.75, 3.05) is 17.2 Å². The second-order valence-electron chi connectivity index (χ2n) is 6.82. The van der Waals surface area contributed by atoms with Gasteiger partial charge in [0, 0.05) is 11.3 Å². The van der Waals surface area contributed by atoms with E-state index in [1.54, 1.807) is 31.2 Å². The van der Waals surface area contributed by atoms with Crippen LogP contribution in [0.1, 0.15) is 21.5 Å². The molecular weight excluding hydrogens is 428 g/mol. The number of para-hydroxylation sites is 1. The van der Waals surface area contributed by atoms with Crippen molar-refractivity contribution in [2.24, 2.45) is 0 Å². The van der Waals surface area contributed by atoms with Crippen LogP contribution >= 0.6 is 0 Å². The van der Waals surface area contributed by atoms with Gasteiger partial charge in [0.25, 0.3) is 11.8 Å². The van der Waals surface area contributed by atoms with E-state index in [0.29, 0.717) is 11.8 Å². The Morgan fingerprint density at radius 3 is 2.28 bits per heavy atom. The van der Waals surface area contributed by atoms with Gasteiger partial charge in [0.15, 0.2) is 6.61 Å². The molecule has 0 aliphatic heterocycles. The normalized spacial score (nSPS) is 11.0. The highest BCUT2D eigenvalue weighted by Crippen LogP contribution is 2.36. The van der Waals surface area contributed by atoms with Gasteiger partial charge in [-0.05, 0) is 61.0 Å². The van der Waals surface area contributed by atoms with Crippen molar-refractivity contribution in [2.45, 2.75) is 13.1 Å². The SMILES string of the molecule is Cc1ccccc1OCC(=O)Nc1ccc(NC(=O)c2ccc(F)cc2)cc1C(F)(F)F. The van der Waals surface area contributed by atoms with Crippen LogP contribution in [0.15, 0.2) is 66.7 Å². The fourth-order valence-corrected chi connectivity index (χ4v) is 2.82. The molecule has 0 heterocycles. The number of carbonyl (C=O) groups excluding carboxylic acids is 2. The Bertz CT molecular complexity index is 1130. The van der Waals surface area contributed by atoms with Gasteiger partial charge in [-0.1, -0.05) is 18.2 Å². The number of anilines is 2. The molecule has 2 N–H and O–H groups in total. The molecule has 32 heavy (non-hydrogen) atoms. The first-order chi connectivity index (χ1) is 15.1. The van der Waals surface area contributed by atoms with Gasteiger partial charge in [0.05, 0.1) is 11.3 Å². The fourth-order valence-electron chi connectivity index (χ4n) is 2.82. The summed E-state index contributed by atoms with van der Waals surface area (Å²) in [7, 11) is 0. The predicted molar refractivity (Wildman–Crippen MR) is 111 cm³/mol. The van der Waals surface area contributed by atoms with Crippen LogP contribution in [0.2, 0.25) is 0 Å². The zero-order valence-electron chi connectivity index (χ0n) is 16.8. The van der Waals surface area contributed by atoms with E-state index in [0.717, 1.165) is 23.8 Å². The van der Waals surface area contributed by atoms with E-state index in [4.69, 9.17) is 4.74 Å². The van der Waals surface area contributed by atoms with Crippen LogP contribution in [0.3, 0.4) is 0 Å². The number of halogens is 4. The summed E-state index contributed by atoms with van der Waals surface area (Å²) in [6.45, 7) is 1.29. The molecule has 0 spiro atoms. The summed E-state index contributed by atoms with van der Waals surface area (Å²) in [5.41, 5.74) is -0.904. The second kappa shape index (κ2) is 9.51. The highest BCUT2D eigenvalue weighted by atomic mass is 19.4. The first-order valence-electron chi connectivity index (χ1n) is 9.40. The van der Waals surface area contributed by atoms with Gasteiger partial charge >= 0.3 is 6.18 Å². The molecule has 0 radical (unpaired) electrons. The van der Waals surface area contributed by atoms with Gasteiger partial charge in [-0.2, -0.15) is 13.2 Å². The third-order valence-corrected chi connectivity index (χ3v) is 4.42. The van der Waals surface area contributed by atoms with Gasteiger partial charge in [-0.3, -0.25) is 9.59 Å². The molecule has 5 nitrogen and oxygen atoms in total. The minimum atomic E-state index is -4.80. The lowest BCUT2D eigenvalue weighted by atomic mass is 10.1. The van der Waals surface area contributed by atoms with E-state index in [2.05, 4.69) is 10.6 Å². The zero-order chi connectivity index (χ0) is 23.3. The monoisotopic (exact) mass is 446 g/mol. The Hall–Kier alpha value is -3.88. The van der Waals surface area contributed by atoms with Crippen LogP contribution in [0.4, 0.5) is 28.9 Å². The van der Waals surface area contributed by atoms with Gasteiger partial charge in [-0.15, -0.1) is 0 Å². The van der Waals surface area contributed by atoms with Crippen molar-refractivity contribution < 1.29 is 31.9 Å². The molecule has 166 valence electrons. The van der Waals surface area contributed by atoms with Gasteiger partial charge < -0.3 is 15.4 Å². The fraction of sp³-hybridized carbons (Fsp3) is 0.130. The molecule has 0 fully saturated rings. The van der Waals surface area contributed by atoms with E-state index in [1.165, 1.54) is 18.2 Å². The lowest BCUT2D eigenvalue weighted by Crippen LogP contribution is -2.23. The van der Waals surface area contributed by atoms with Crippen LogP contribution < -0.4 is 15.4 Å². The first kappa shape index (κ1) is 22.8. The number of alkyl halides is 3.